The largest absolute Gasteiger partial charge is 0.336 e. The summed E-state index contributed by atoms with van der Waals surface area (Å²) in [5.41, 5.74) is 4.09. The smallest absolute Gasteiger partial charge is 0.269 e. The molecule has 37 heavy (non-hydrogen) atoms. The number of carbonyl (C=O) groups is 1. The van der Waals surface area contributed by atoms with Crippen LogP contribution in [-0.4, -0.2) is 45.0 Å². The van der Waals surface area contributed by atoms with Crippen LogP contribution in [0.4, 0.5) is 0 Å². The number of hydrogen-bond acceptors (Lipinski definition) is 5. The predicted octanol–water partition coefficient (Wildman–Crippen LogP) is 5.02. The summed E-state index contributed by atoms with van der Waals surface area (Å²) in [7, 11) is -0.305. The number of carbonyl (C=O) groups excluding carboxylic acids is 1. The molecule has 0 saturated heterocycles. The van der Waals surface area contributed by atoms with Crippen LogP contribution in [0.2, 0.25) is 0 Å². The minimum atomic E-state index is -3.87. The van der Waals surface area contributed by atoms with E-state index in [9.17, 15) is 13.2 Å². The van der Waals surface area contributed by atoms with Crippen molar-refractivity contribution >= 4 is 42.9 Å². The van der Waals surface area contributed by atoms with E-state index in [0.717, 1.165) is 21.3 Å². The van der Waals surface area contributed by atoms with Crippen molar-refractivity contribution in [2.24, 2.45) is 7.05 Å². The number of pyridine rings is 1. The fraction of sp³-hybridized carbons (Fsp3) is 0.148. The lowest BCUT2D eigenvalue weighted by Gasteiger charge is -2.16. The number of amides is 1. The fourth-order valence-corrected chi connectivity index (χ4v) is 5.82. The monoisotopic (exact) mass is 577 g/mol. The topological polar surface area (TPSA) is 90.1 Å². The Balaban J connectivity index is 1.51. The van der Waals surface area contributed by atoms with Gasteiger partial charge in [0.25, 0.3) is 15.9 Å². The molecule has 5 rings (SSSR count). The van der Waals surface area contributed by atoms with E-state index in [1.807, 2.05) is 44.4 Å². The van der Waals surface area contributed by atoms with Crippen LogP contribution in [0.3, 0.4) is 0 Å². The second kappa shape index (κ2) is 9.60. The number of nitrogens with zero attached hydrogens (tertiary/aromatic N) is 5. The van der Waals surface area contributed by atoms with E-state index in [1.165, 1.54) is 3.97 Å². The van der Waals surface area contributed by atoms with Gasteiger partial charge in [0.1, 0.15) is 0 Å². The molecule has 0 fully saturated rings. The third-order valence-electron chi connectivity index (χ3n) is 6.11. The lowest BCUT2D eigenvalue weighted by atomic mass is 10.0. The van der Waals surface area contributed by atoms with Gasteiger partial charge in [-0.3, -0.25) is 9.48 Å². The molecule has 8 nitrogen and oxygen atoms in total. The summed E-state index contributed by atoms with van der Waals surface area (Å²) in [6.45, 7) is 2.30. The third-order valence-corrected chi connectivity index (χ3v) is 8.21. The number of halogens is 1. The van der Waals surface area contributed by atoms with E-state index in [-0.39, 0.29) is 10.8 Å². The summed E-state index contributed by atoms with van der Waals surface area (Å²) in [4.78, 5) is 19.2. The molecule has 3 aromatic heterocycles. The number of fused-ring (bicyclic) bond motifs is 1. The third kappa shape index (κ3) is 4.82. The molecule has 1 amide bonds. The number of aryl methyl sites for hydroxylation is 2. The van der Waals surface area contributed by atoms with E-state index in [4.69, 9.17) is 0 Å². The van der Waals surface area contributed by atoms with Gasteiger partial charge in [-0.1, -0.05) is 29.8 Å². The van der Waals surface area contributed by atoms with Gasteiger partial charge in [-0.25, -0.2) is 17.4 Å². The van der Waals surface area contributed by atoms with Crippen LogP contribution < -0.4 is 0 Å². The molecule has 188 valence electrons. The maximum atomic E-state index is 13.5. The van der Waals surface area contributed by atoms with Gasteiger partial charge in [0, 0.05) is 53.7 Å². The second-order valence-electron chi connectivity index (χ2n) is 8.90. The van der Waals surface area contributed by atoms with E-state index in [1.54, 1.807) is 65.4 Å². The zero-order valence-electron chi connectivity index (χ0n) is 20.5. The number of rotatable bonds is 6. The normalized spacial score (nSPS) is 11.7. The Labute approximate surface area is 223 Å². The summed E-state index contributed by atoms with van der Waals surface area (Å²) >= 11 is 3.45. The summed E-state index contributed by atoms with van der Waals surface area (Å²) in [5, 5.41) is 5.00. The Morgan fingerprint density at radius 2 is 1.76 bits per heavy atom. The maximum Gasteiger partial charge on any atom is 0.269 e. The average molecular weight is 578 g/mol. The Morgan fingerprint density at radius 1 is 1.05 bits per heavy atom. The summed E-state index contributed by atoms with van der Waals surface area (Å²) in [6.07, 6.45) is 5.00. The molecule has 2 aromatic carbocycles. The number of benzene rings is 2. The highest BCUT2D eigenvalue weighted by Crippen LogP contribution is 2.34. The van der Waals surface area contributed by atoms with Gasteiger partial charge in [0.2, 0.25) is 0 Å². The van der Waals surface area contributed by atoms with Crippen LogP contribution in [0.25, 0.3) is 22.2 Å². The predicted molar refractivity (Wildman–Crippen MR) is 146 cm³/mol. The Hall–Kier alpha value is -3.76. The van der Waals surface area contributed by atoms with E-state index < -0.39 is 10.0 Å². The van der Waals surface area contributed by atoms with Crippen molar-refractivity contribution < 1.29 is 13.2 Å². The highest BCUT2D eigenvalue weighted by atomic mass is 79.9. The minimum Gasteiger partial charge on any atom is -0.336 e. The van der Waals surface area contributed by atoms with Gasteiger partial charge in [0.15, 0.2) is 5.65 Å². The van der Waals surface area contributed by atoms with Crippen molar-refractivity contribution in [3.05, 3.63) is 101 Å². The van der Waals surface area contributed by atoms with Crippen molar-refractivity contribution in [3.63, 3.8) is 0 Å². The molecule has 0 N–H and O–H groups in total. The lowest BCUT2D eigenvalue weighted by molar-refractivity contribution is 0.0783. The second-order valence-corrected chi connectivity index (χ2v) is 11.6. The highest BCUT2D eigenvalue weighted by molar-refractivity contribution is 9.10. The van der Waals surface area contributed by atoms with Gasteiger partial charge < -0.3 is 4.90 Å². The summed E-state index contributed by atoms with van der Waals surface area (Å²) in [6, 6.07) is 17.6. The van der Waals surface area contributed by atoms with Crippen LogP contribution in [0.1, 0.15) is 21.6 Å². The Kier molecular flexibility index (Phi) is 6.47. The Bertz CT molecular complexity index is 1720. The summed E-state index contributed by atoms with van der Waals surface area (Å²) in [5.74, 6) is -0.133. The van der Waals surface area contributed by atoms with Crippen LogP contribution >= 0.6 is 15.9 Å². The highest BCUT2D eigenvalue weighted by Gasteiger charge is 2.23. The fourth-order valence-electron chi connectivity index (χ4n) is 4.17. The first kappa shape index (κ1) is 24.9. The lowest BCUT2D eigenvalue weighted by Crippen LogP contribution is -2.26. The van der Waals surface area contributed by atoms with Crippen molar-refractivity contribution in [1.29, 1.82) is 0 Å². The maximum absolute atomic E-state index is 13.5. The number of hydrogen-bond donors (Lipinski definition) is 0. The first-order chi connectivity index (χ1) is 17.6. The van der Waals surface area contributed by atoms with Crippen molar-refractivity contribution in [2.45, 2.75) is 18.4 Å². The van der Waals surface area contributed by atoms with Crippen molar-refractivity contribution in [2.75, 3.05) is 7.05 Å². The molecule has 0 aliphatic rings. The zero-order valence-corrected chi connectivity index (χ0v) is 22.9. The van der Waals surface area contributed by atoms with E-state index in [0.29, 0.717) is 28.7 Å². The van der Waals surface area contributed by atoms with Gasteiger partial charge in [-0.2, -0.15) is 5.10 Å². The molecule has 0 unspecified atom stereocenters. The van der Waals surface area contributed by atoms with Gasteiger partial charge in [-0.15, -0.1) is 0 Å². The van der Waals surface area contributed by atoms with Crippen molar-refractivity contribution in [3.8, 4) is 11.1 Å². The summed E-state index contributed by atoms with van der Waals surface area (Å²) < 4.78 is 30.7. The number of aromatic nitrogens is 4. The van der Waals surface area contributed by atoms with Crippen LogP contribution in [0.5, 0.6) is 0 Å². The van der Waals surface area contributed by atoms with E-state index >= 15 is 0 Å². The Morgan fingerprint density at radius 3 is 2.41 bits per heavy atom. The molecule has 3 heterocycles. The molecular formula is C27H24BrN5O3S. The van der Waals surface area contributed by atoms with Gasteiger partial charge in [0.05, 0.1) is 17.1 Å². The van der Waals surface area contributed by atoms with Gasteiger partial charge >= 0.3 is 0 Å². The molecule has 0 radical (unpaired) electrons. The average Bonchev–Trinajstić information content (AvgIpc) is 3.47. The molecule has 0 aliphatic carbocycles. The molecule has 0 atom stereocenters. The van der Waals surface area contributed by atoms with E-state index in [2.05, 4.69) is 26.0 Å². The molecule has 0 aliphatic heterocycles. The molecule has 0 spiro atoms. The quantitative estimate of drug-likeness (QED) is 0.283. The minimum absolute atomic E-state index is 0.133. The zero-order chi connectivity index (χ0) is 26.3. The molecule has 0 saturated carbocycles. The standard InChI is InChI=1S/C27H24BrN5O3S/c1-18-4-10-23(11-5-18)37(35,36)33-17-25(24-14-21(28)15-29-26(24)33)19-6-8-20(9-7-19)27(34)31(2)16-22-12-13-32(3)30-22/h4-15,17H,16H2,1-3H3. The SMILES string of the molecule is Cc1ccc(S(=O)(=O)n2cc(-c3ccc(C(=O)N(C)Cc4ccn(C)n4)cc3)c3cc(Br)cnc32)cc1. The van der Waals surface area contributed by atoms with Crippen LogP contribution in [-0.2, 0) is 23.6 Å². The van der Waals surface area contributed by atoms with Crippen molar-refractivity contribution in [1.82, 2.24) is 23.6 Å². The molecular weight excluding hydrogens is 554 g/mol. The first-order valence-corrected chi connectivity index (χ1v) is 13.7. The molecule has 5 aromatic rings. The molecule has 0 bridgehead atoms. The van der Waals surface area contributed by atoms with Crippen LogP contribution in [0.15, 0.2) is 88.6 Å². The van der Waals surface area contributed by atoms with Gasteiger partial charge in [-0.05, 0) is 64.8 Å². The first-order valence-electron chi connectivity index (χ1n) is 11.5. The molecule has 10 heteroatoms. The van der Waals surface area contributed by atoms with Crippen LogP contribution in [0, 0.1) is 6.92 Å².